The van der Waals surface area contributed by atoms with E-state index in [1.807, 2.05) is 44.2 Å². The summed E-state index contributed by atoms with van der Waals surface area (Å²) < 4.78 is 22.8. The van der Waals surface area contributed by atoms with Crippen molar-refractivity contribution in [2.24, 2.45) is 0 Å². The van der Waals surface area contributed by atoms with E-state index in [4.69, 9.17) is 42.4 Å². The normalized spacial score (nSPS) is 14.3. The highest BCUT2D eigenvalue weighted by Gasteiger charge is 2.30. The van der Waals surface area contributed by atoms with Crippen LogP contribution in [0.4, 0.5) is 0 Å². The maximum Gasteiger partial charge on any atom is 0.276 e. The van der Waals surface area contributed by atoms with Gasteiger partial charge >= 0.3 is 0 Å². The highest BCUT2D eigenvalue weighted by atomic mass is 35.5. The number of carbonyl (C=O) groups excluding carboxylic acids is 1. The van der Waals surface area contributed by atoms with Gasteiger partial charge in [0, 0.05) is 17.6 Å². The van der Waals surface area contributed by atoms with Crippen LogP contribution in [-0.4, -0.2) is 35.7 Å². The maximum atomic E-state index is 13.0. The molecule has 1 fully saturated rings. The second-order valence-electron chi connectivity index (χ2n) is 7.89. The number of halogens is 1. The molecule has 9 heteroatoms. The molecule has 2 aromatic carbocycles. The van der Waals surface area contributed by atoms with Crippen molar-refractivity contribution < 1.29 is 23.4 Å². The number of ether oxygens (including phenoxy) is 3. The van der Waals surface area contributed by atoms with Gasteiger partial charge in [-0.3, -0.25) is 9.69 Å². The topological polar surface area (TPSA) is 73.2 Å². The minimum absolute atomic E-state index is 0.205. The summed E-state index contributed by atoms with van der Waals surface area (Å²) in [6, 6.07) is 16.5. The lowest BCUT2D eigenvalue weighted by molar-refractivity contribution is -0.122. The number of thiocarbonyl (C=S) groups is 1. The second-order valence-corrected chi connectivity index (χ2v) is 8.72. The first-order chi connectivity index (χ1) is 17.5. The molecule has 1 aromatic heterocycles. The summed E-state index contributed by atoms with van der Waals surface area (Å²) in [5.74, 6) is 2.98. The zero-order valence-electron chi connectivity index (χ0n) is 20.1. The third-order valence-corrected chi connectivity index (χ3v) is 5.90. The Morgan fingerprint density at radius 1 is 1.03 bits per heavy atom. The zero-order chi connectivity index (χ0) is 25.5. The van der Waals surface area contributed by atoms with Crippen LogP contribution in [0.15, 0.2) is 64.7 Å². The van der Waals surface area contributed by atoms with Gasteiger partial charge in [0.1, 0.15) is 29.6 Å². The van der Waals surface area contributed by atoms with Crippen LogP contribution in [0.2, 0.25) is 5.02 Å². The van der Waals surface area contributed by atoms with Crippen molar-refractivity contribution >= 4 is 40.9 Å². The monoisotopic (exact) mass is 526 g/mol. The number of hydrogen-bond donors (Lipinski definition) is 1. The molecule has 0 atom stereocenters. The molecule has 3 aromatic rings. The highest BCUT2D eigenvalue weighted by Crippen LogP contribution is 2.29. The van der Waals surface area contributed by atoms with Crippen molar-refractivity contribution in [3.8, 4) is 17.2 Å². The Kier molecular flexibility index (Phi) is 8.51. The summed E-state index contributed by atoms with van der Waals surface area (Å²) >= 11 is 11.4. The lowest BCUT2D eigenvalue weighted by Crippen LogP contribution is -2.32. The van der Waals surface area contributed by atoms with Gasteiger partial charge in [0.25, 0.3) is 5.91 Å². The fraction of sp³-hybridized carbons (Fsp3) is 0.259. The maximum absolute atomic E-state index is 13.0. The minimum atomic E-state index is -0.205. The average Bonchev–Trinajstić information content (AvgIpc) is 3.42. The summed E-state index contributed by atoms with van der Waals surface area (Å²) in [6.45, 7) is 5.62. The predicted octanol–water partition coefficient (Wildman–Crippen LogP) is 5.61. The van der Waals surface area contributed by atoms with Crippen LogP contribution < -0.4 is 19.5 Å². The lowest BCUT2D eigenvalue weighted by atomic mass is 10.1. The molecule has 36 heavy (non-hydrogen) atoms. The molecule has 1 aliphatic heterocycles. The molecule has 7 nitrogen and oxygen atoms in total. The van der Waals surface area contributed by atoms with Crippen molar-refractivity contribution in [2.45, 2.75) is 26.9 Å². The van der Waals surface area contributed by atoms with E-state index in [2.05, 4.69) is 5.32 Å². The molecule has 0 unspecified atom stereocenters. The first-order valence-corrected chi connectivity index (χ1v) is 12.5. The Bertz CT molecular complexity index is 1270. The number of nitrogens with one attached hydrogen (secondary N) is 1. The molecule has 0 saturated carbocycles. The van der Waals surface area contributed by atoms with E-state index in [-0.39, 0.29) is 12.5 Å². The number of amides is 1. The summed E-state index contributed by atoms with van der Waals surface area (Å²) in [4.78, 5) is 14.5. The summed E-state index contributed by atoms with van der Waals surface area (Å²) in [6.07, 6.45) is 2.25. The minimum Gasteiger partial charge on any atom is -0.490 e. The van der Waals surface area contributed by atoms with E-state index in [1.54, 1.807) is 35.2 Å². The van der Waals surface area contributed by atoms with Gasteiger partial charge in [0.2, 0.25) is 0 Å². The van der Waals surface area contributed by atoms with Gasteiger partial charge in [0.15, 0.2) is 16.6 Å². The first-order valence-electron chi connectivity index (χ1n) is 11.7. The molecule has 0 spiro atoms. The number of rotatable bonds is 11. The number of benzene rings is 2. The Morgan fingerprint density at radius 2 is 1.83 bits per heavy atom. The van der Waals surface area contributed by atoms with Gasteiger partial charge in [-0.05, 0) is 80.5 Å². The Morgan fingerprint density at radius 3 is 2.61 bits per heavy atom. The summed E-state index contributed by atoms with van der Waals surface area (Å²) in [5, 5.41) is 3.95. The van der Waals surface area contributed by atoms with Gasteiger partial charge in [0.05, 0.1) is 13.2 Å². The van der Waals surface area contributed by atoms with Crippen molar-refractivity contribution in [3.63, 3.8) is 0 Å². The largest absolute Gasteiger partial charge is 0.490 e. The predicted molar refractivity (Wildman–Crippen MR) is 142 cm³/mol. The molecule has 2 heterocycles. The molecule has 1 saturated heterocycles. The van der Waals surface area contributed by atoms with Gasteiger partial charge in [-0.15, -0.1) is 0 Å². The average molecular weight is 527 g/mol. The molecule has 0 radical (unpaired) electrons. The Balaban J connectivity index is 1.37. The van der Waals surface area contributed by atoms with Crippen LogP contribution >= 0.6 is 23.8 Å². The van der Waals surface area contributed by atoms with Crippen molar-refractivity contribution in [1.82, 2.24) is 10.2 Å². The lowest BCUT2D eigenvalue weighted by Gasteiger charge is -2.15. The fourth-order valence-electron chi connectivity index (χ4n) is 3.67. The van der Waals surface area contributed by atoms with Crippen LogP contribution in [0.1, 0.15) is 30.9 Å². The van der Waals surface area contributed by atoms with Crippen LogP contribution in [-0.2, 0) is 17.8 Å². The number of nitrogens with zero attached hydrogens (tertiary/aromatic N) is 1. The molecular formula is C27H27ClN2O5S. The molecule has 0 aliphatic carbocycles. The van der Waals surface area contributed by atoms with Gasteiger partial charge in [-0.2, -0.15) is 0 Å². The van der Waals surface area contributed by atoms with E-state index >= 15 is 0 Å². The molecule has 1 amide bonds. The standard InChI is InChI=1S/C27H27ClN2O5S/c1-3-32-24-11-8-18(14-25(24)33-4-2)12-13-30-26(31)23(29-27(30)36)16-21-9-10-22(35-21)17-34-20-7-5-6-19(28)15-20/h5-11,14-16H,3-4,12-13,17H2,1-2H3,(H,29,36)/b23-16+. The molecule has 188 valence electrons. The molecule has 4 rings (SSSR count). The van der Waals surface area contributed by atoms with Crippen molar-refractivity contribution in [1.29, 1.82) is 0 Å². The summed E-state index contributed by atoms with van der Waals surface area (Å²) in [5.41, 5.74) is 1.38. The van der Waals surface area contributed by atoms with Crippen molar-refractivity contribution in [3.05, 3.63) is 82.4 Å². The smallest absolute Gasteiger partial charge is 0.276 e. The molecule has 1 aliphatic rings. The van der Waals surface area contributed by atoms with E-state index < -0.39 is 0 Å². The summed E-state index contributed by atoms with van der Waals surface area (Å²) in [7, 11) is 0. The number of furan rings is 1. The Hall–Kier alpha value is -3.49. The van der Waals surface area contributed by atoms with E-state index in [0.717, 1.165) is 5.56 Å². The Labute approximate surface area is 220 Å². The quantitative estimate of drug-likeness (QED) is 0.257. The van der Waals surface area contributed by atoms with Gasteiger partial charge in [-0.1, -0.05) is 23.7 Å². The van der Waals surface area contributed by atoms with E-state index in [9.17, 15) is 4.79 Å². The highest BCUT2D eigenvalue weighted by molar-refractivity contribution is 7.80. The van der Waals surface area contributed by atoms with Crippen LogP contribution in [0.25, 0.3) is 6.08 Å². The third kappa shape index (κ3) is 6.38. The van der Waals surface area contributed by atoms with Crippen LogP contribution in [0.5, 0.6) is 17.2 Å². The molecule has 0 bridgehead atoms. The van der Waals surface area contributed by atoms with E-state index in [1.165, 1.54) is 0 Å². The number of carbonyl (C=O) groups is 1. The second kappa shape index (κ2) is 12.0. The van der Waals surface area contributed by atoms with Crippen LogP contribution in [0.3, 0.4) is 0 Å². The fourth-order valence-corrected chi connectivity index (χ4v) is 4.13. The third-order valence-electron chi connectivity index (χ3n) is 5.34. The molecule has 1 N–H and O–H groups in total. The van der Waals surface area contributed by atoms with Crippen LogP contribution in [0, 0.1) is 0 Å². The SMILES string of the molecule is CCOc1ccc(CCN2C(=O)/C(=C\c3ccc(COc4cccc(Cl)c4)o3)NC2=S)cc1OCC. The zero-order valence-corrected chi connectivity index (χ0v) is 21.7. The molecular weight excluding hydrogens is 500 g/mol. The van der Waals surface area contributed by atoms with Crippen molar-refractivity contribution in [2.75, 3.05) is 19.8 Å². The van der Waals surface area contributed by atoms with E-state index in [0.29, 0.717) is 70.8 Å². The van der Waals surface area contributed by atoms with Gasteiger partial charge in [-0.25, -0.2) is 0 Å². The number of hydrogen-bond acceptors (Lipinski definition) is 6. The first kappa shape index (κ1) is 25.6. The van der Waals surface area contributed by atoms with Gasteiger partial charge < -0.3 is 23.9 Å².